The Labute approximate surface area is 120 Å². The predicted molar refractivity (Wildman–Crippen MR) is 81.0 cm³/mol. The fourth-order valence-corrected chi connectivity index (χ4v) is 1.75. The van der Waals surface area contributed by atoms with Crippen LogP contribution in [0.25, 0.3) is 0 Å². The predicted octanol–water partition coefficient (Wildman–Crippen LogP) is 2.67. The van der Waals surface area contributed by atoms with Gasteiger partial charge in [0.25, 0.3) is 0 Å². The van der Waals surface area contributed by atoms with Crippen LogP contribution in [0.2, 0.25) is 0 Å². The molecule has 0 fully saturated rings. The van der Waals surface area contributed by atoms with Crippen LogP contribution in [-0.2, 0) is 9.47 Å². The summed E-state index contributed by atoms with van der Waals surface area (Å²) < 4.78 is 10.4. The van der Waals surface area contributed by atoms with E-state index in [0.717, 1.165) is 38.3 Å². The molecule has 0 saturated heterocycles. The summed E-state index contributed by atoms with van der Waals surface area (Å²) in [5.74, 6) is -0.389. The second kappa shape index (κ2) is 9.20. The lowest BCUT2D eigenvalue weighted by Crippen LogP contribution is -2.12. The topological polar surface area (TPSA) is 73.6 Å². The van der Waals surface area contributed by atoms with Crippen molar-refractivity contribution >= 4 is 17.3 Å². The second-order valence-electron chi connectivity index (χ2n) is 4.38. The highest BCUT2D eigenvalue weighted by Crippen LogP contribution is 2.23. The third kappa shape index (κ3) is 5.09. The minimum atomic E-state index is -0.389. The molecule has 0 radical (unpaired) electrons. The van der Waals surface area contributed by atoms with Crippen LogP contribution in [0.5, 0.6) is 0 Å². The summed E-state index contributed by atoms with van der Waals surface area (Å²) >= 11 is 0. The molecule has 0 bridgehead atoms. The van der Waals surface area contributed by atoms with Crippen molar-refractivity contribution in [2.24, 2.45) is 0 Å². The molecule has 5 heteroatoms. The van der Waals surface area contributed by atoms with Gasteiger partial charge in [0.15, 0.2) is 0 Å². The quantitative estimate of drug-likeness (QED) is 0.413. The van der Waals surface area contributed by atoms with Crippen molar-refractivity contribution in [3.8, 4) is 0 Å². The molecule has 112 valence electrons. The van der Waals surface area contributed by atoms with Crippen molar-refractivity contribution in [2.45, 2.75) is 26.7 Å². The van der Waals surface area contributed by atoms with Crippen molar-refractivity contribution in [1.29, 1.82) is 0 Å². The minimum Gasteiger partial charge on any atom is -0.462 e. The van der Waals surface area contributed by atoms with Gasteiger partial charge in [-0.25, -0.2) is 4.79 Å². The maximum atomic E-state index is 11.7. The van der Waals surface area contributed by atoms with E-state index in [1.54, 1.807) is 19.1 Å². The number of nitrogens with two attached hydrogens (primary N) is 1. The van der Waals surface area contributed by atoms with Gasteiger partial charge in [-0.1, -0.05) is 13.0 Å². The van der Waals surface area contributed by atoms with Crippen LogP contribution < -0.4 is 11.1 Å². The number of carbonyl (C=O) groups is 1. The Bertz CT molecular complexity index is 422. The van der Waals surface area contributed by atoms with Crippen LogP contribution >= 0.6 is 0 Å². The summed E-state index contributed by atoms with van der Waals surface area (Å²) in [7, 11) is 0. The van der Waals surface area contributed by atoms with E-state index >= 15 is 0 Å². The third-order valence-corrected chi connectivity index (χ3v) is 2.73. The van der Waals surface area contributed by atoms with E-state index in [1.165, 1.54) is 0 Å². The molecule has 1 aromatic carbocycles. The Morgan fingerprint density at radius 2 is 2.10 bits per heavy atom. The zero-order chi connectivity index (χ0) is 14.8. The molecule has 0 aliphatic heterocycles. The number of esters is 1. The largest absolute Gasteiger partial charge is 0.462 e. The monoisotopic (exact) mass is 280 g/mol. The van der Waals surface area contributed by atoms with E-state index < -0.39 is 0 Å². The summed E-state index contributed by atoms with van der Waals surface area (Å²) in [6, 6.07) is 5.31. The van der Waals surface area contributed by atoms with Gasteiger partial charge in [-0.2, -0.15) is 0 Å². The van der Waals surface area contributed by atoms with Crippen LogP contribution in [-0.4, -0.2) is 32.3 Å². The van der Waals surface area contributed by atoms with Crippen LogP contribution in [0.3, 0.4) is 0 Å². The number of hydrogen-bond donors (Lipinski definition) is 2. The maximum Gasteiger partial charge on any atom is 0.340 e. The van der Waals surface area contributed by atoms with E-state index in [9.17, 15) is 4.79 Å². The van der Waals surface area contributed by atoms with E-state index in [4.69, 9.17) is 15.2 Å². The second-order valence-corrected chi connectivity index (χ2v) is 4.38. The summed E-state index contributed by atoms with van der Waals surface area (Å²) in [5.41, 5.74) is 7.57. The third-order valence-electron chi connectivity index (χ3n) is 2.73. The highest BCUT2D eigenvalue weighted by atomic mass is 16.5. The molecule has 1 rings (SSSR count). The summed E-state index contributed by atoms with van der Waals surface area (Å²) in [5, 5.41) is 3.21. The molecular formula is C15H24N2O3. The molecule has 0 unspecified atom stereocenters. The highest BCUT2D eigenvalue weighted by Gasteiger charge is 2.12. The van der Waals surface area contributed by atoms with E-state index in [-0.39, 0.29) is 5.97 Å². The average Bonchev–Trinajstić information content (AvgIpc) is 2.44. The summed E-state index contributed by atoms with van der Waals surface area (Å²) in [4.78, 5) is 11.7. The van der Waals surface area contributed by atoms with Gasteiger partial charge in [0.1, 0.15) is 0 Å². The SMILES string of the molecule is CCCOCCCNc1cccc(C(=O)OCC)c1N. The van der Waals surface area contributed by atoms with Gasteiger partial charge in [-0.3, -0.25) is 0 Å². The molecule has 0 spiro atoms. The van der Waals surface area contributed by atoms with Gasteiger partial charge in [0, 0.05) is 19.8 Å². The molecule has 0 saturated carbocycles. The van der Waals surface area contributed by atoms with Crippen molar-refractivity contribution in [3.63, 3.8) is 0 Å². The number of para-hydroxylation sites is 1. The zero-order valence-electron chi connectivity index (χ0n) is 12.3. The van der Waals surface area contributed by atoms with Gasteiger partial charge < -0.3 is 20.5 Å². The van der Waals surface area contributed by atoms with Gasteiger partial charge in [0.2, 0.25) is 0 Å². The Hall–Kier alpha value is -1.75. The van der Waals surface area contributed by atoms with Gasteiger partial charge in [0.05, 0.1) is 23.5 Å². The standard InChI is InChI=1S/C15H24N2O3/c1-3-10-19-11-6-9-17-13-8-5-7-12(14(13)16)15(18)20-4-2/h5,7-8,17H,3-4,6,9-11,16H2,1-2H3. The molecule has 0 aliphatic rings. The Balaban J connectivity index is 2.50. The fourth-order valence-electron chi connectivity index (χ4n) is 1.75. The van der Waals surface area contributed by atoms with Crippen LogP contribution in [0.4, 0.5) is 11.4 Å². The van der Waals surface area contributed by atoms with Gasteiger partial charge in [-0.15, -0.1) is 0 Å². The first-order valence-electron chi connectivity index (χ1n) is 7.07. The van der Waals surface area contributed by atoms with Crippen molar-refractivity contribution in [3.05, 3.63) is 23.8 Å². The lowest BCUT2D eigenvalue weighted by atomic mass is 10.1. The molecular weight excluding hydrogens is 256 g/mol. The molecule has 1 aromatic rings. The first-order chi connectivity index (χ1) is 9.70. The first kappa shape index (κ1) is 16.3. The number of carbonyl (C=O) groups excluding carboxylic acids is 1. The van der Waals surface area contributed by atoms with Crippen molar-refractivity contribution in [2.75, 3.05) is 37.4 Å². The fraction of sp³-hybridized carbons (Fsp3) is 0.533. The number of anilines is 2. The summed E-state index contributed by atoms with van der Waals surface area (Å²) in [6.07, 6.45) is 1.92. The molecule has 0 aromatic heterocycles. The lowest BCUT2D eigenvalue weighted by Gasteiger charge is -2.12. The molecule has 20 heavy (non-hydrogen) atoms. The zero-order valence-corrected chi connectivity index (χ0v) is 12.3. The number of nitrogens with one attached hydrogen (secondary N) is 1. The maximum absolute atomic E-state index is 11.7. The van der Waals surface area contributed by atoms with Gasteiger partial charge in [-0.05, 0) is 31.9 Å². The van der Waals surface area contributed by atoms with E-state index in [2.05, 4.69) is 12.2 Å². The highest BCUT2D eigenvalue weighted by molar-refractivity contribution is 5.98. The van der Waals surface area contributed by atoms with Crippen LogP contribution in [0.1, 0.15) is 37.0 Å². The van der Waals surface area contributed by atoms with E-state index in [0.29, 0.717) is 17.9 Å². The first-order valence-corrected chi connectivity index (χ1v) is 7.07. The normalized spacial score (nSPS) is 10.3. The Morgan fingerprint density at radius 3 is 2.80 bits per heavy atom. The van der Waals surface area contributed by atoms with Gasteiger partial charge >= 0.3 is 5.97 Å². The smallest absolute Gasteiger partial charge is 0.340 e. The lowest BCUT2D eigenvalue weighted by molar-refractivity contribution is 0.0527. The molecule has 3 N–H and O–H groups in total. The number of rotatable bonds is 9. The van der Waals surface area contributed by atoms with Crippen molar-refractivity contribution < 1.29 is 14.3 Å². The Morgan fingerprint density at radius 1 is 1.30 bits per heavy atom. The molecule has 0 atom stereocenters. The number of benzene rings is 1. The molecule has 0 aliphatic carbocycles. The molecule has 0 amide bonds. The van der Waals surface area contributed by atoms with Crippen LogP contribution in [0.15, 0.2) is 18.2 Å². The number of ether oxygens (including phenoxy) is 2. The number of nitrogen functional groups attached to an aromatic ring is 1. The minimum absolute atomic E-state index is 0.338. The van der Waals surface area contributed by atoms with Crippen LogP contribution in [0, 0.1) is 0 Å². The average molecular weight is 280 g/mol. The number of hydrogen-bond acceptors (Lipinski definition) is 5. The summed E-state index contributed by atoms with van der Waals surface area (Å²) in [6.45, 7) is 6.45. The van der Waals surface area contributed by atoms with E-state index in [1.807, 2.05) is 6.07 Å². The van der Waals surface area contributed by atoms with Crippen molar-refractivity contribution in [1.82, 2.24) is 0 Å². The Kier molecular flexibility index (Phi) is 7.50. The molecule has 5 nitrogen and oxygen atoms in total. The molecule has 0 heterocycles.